The zero-order valence-electron chi connectivity index (χ0n) is 21.5. The Bertz CT molecular complexity index is 1580. The standard InChI is InChI=1S/C28H27Br2N3O4S/c1-6-12-37-25-20(29)13-17(14-21(25)30)15-22-26(34)33-24(18-8-10-19(11-9-18)32(4)5)23(27(35)36-7-2)16(3)31-28(33)38-22/h6,8-11,13-15,24H,1,7,12H2,2-5H3/b22-15-/t24-/m0/s1. The highest BCUT2D eigenvalue weighted by atomic mass is 79.9. The number of anilines is 1. The van der Waals surface area contributed by atoms with Crippen LogP contribution in [0.25, 0.3) is 6.08 Å². The van der Waals surface area contributed by atoms with Crippen molar-refractivity contribution in [3.05, 3.63) is 100 Å². The van der Waals surface area contributed by atoms with E-state index in [-0.39, 0.29) is 12.2 Å². The summed E-state index contributed by atoms with van der Waals surface area (Å²) in [5.41, 5.74) is 3.27. The van der Waals surface area contributed by atoms with Crippen LogP contribution in [0, 0.1) is 0 Å². The Morgan fingerprint density at radius 2 is 1.87 bits per heavy atom. The molecule has 3 aromatic rings. The summed E-state index contributed by atoms with van der Waals surface area (Å²) in [7, 11) is 3.92. The van der Waals surface area contributed by atoms with Crippen LogP contribution in [0.1, 0.15) is 31.0 Å². The Kier molecular flexibility index (Phi) is 8.74. The molecule has 1 atom stereocenters. The van der Waals surface area contributed by atoms with Crippen LogP contribution in [0.5, 0.6) is 5.75 Å². The first kappa shape index (κ1) is 28.1. The predicted molar refractivity (Wildman–Crippen MR) is 159 cm³/mol. The van der Waals surface area contributed by atoms with Crippen LogP contribution >= 0.6 is 43.2 Å². The Morgan fingerprint density at radius 3 is 2.45 bits per heavy atom. The quantitative estimate of drug-likeness (QED) is 0.253. The molecule has 1 aromatic heterocycles. The van der Waals surface area contributed by atoms with Crippen molar-refractivity contribution in [2.45, 2.75) is 19.9 Å². The van der Waals surface area contributed by atoms with Gasteiger partial charge in [0.15, 0.2) is 4.80 Å². The monoisotopic (exact) mass is 659 g/mol. The molecule has 0 spiro atoms. The van der Waals surface area contributed by atoms with Gasteiger partial charge in [0, 0.05) is 19.8 Å². The van der Waals surface area contributed by atoms with Crippen molar-refractivity contribution in [1.82, 2.24) is 4.57 Å². The van der Waals surface area contributed by atoms with E-state index in [1.54, 1.807) is 24.5 Å². The lowest BCUT2D eigenvalue weighted by Crippen LogP contribution is -2.39. The van der Waals surface area contributed by atoms with Crippen LogP contribution in [-0.4, -0.2) is 37.8 Å². The van der Waals surface area contributed by atoms with Crippen molar-refractivity contribution in [2.75, 3.05) is 32.2 Å². The summed E-state index contributed by atoms with van der Waals surface area (Å²) in [6.07, 6.45) is 3.48. The third-order valence-electron chi connectivity index (χ3n) is 5.91. The largest absolute Gasteiger partial charge is 0.487 e. The van der Waals surface area contributed by atoms with E-state index in [0.717, 1.165) is 25.8 Å². The van der Waals surface area contributed by atoms with Crippen molar-refractivity contribution in [1.29, 1.82) is 0 Å². The van der Waals surface area contributed by atoms with Gasteiger partial charge in [-0.25, -0.2) is 9.79 Å². The lowest BCUT2D eigenvalue weighted by atomic mass is 9.95. The van der Waals surface area contributed by atoms with Crippen molar-refractivity contribution in [3.8, 4) is 5.75 Å². The van der Waals surface area contributed by atoms with Gasteiger partial charge in [0.05, 0.1) is 37.4 Å². The number of carbonyl (C=O) groups is 1. The van der Waals surface area contributed by atoms with Gasteiger partial charge in [-0.05, 0) is 87.2 Å². The molecule has 0 saturated heterocycles. The van der Waals surface area contributed by atoms with Crippen LogP contribution < -0.4 is 24.5 Å². The van der Waals surface area contributed by atoms with E-state index in [2.05, 4.69) is 43.4 Å². The van der Waals surface area contributed by atoms with E-state index in [0.29, 0.717) is 33.0 Å². The summed E-state index contributed by atoms with van der Waals surface area (Å²) in [6, 6.07) is 10.9. The Hall–Kier alpha value is -2.95. The number of carbonyl (C=O) groups excluding carboxylic acids is 1. The minimum absolute atomic E-state index is 0.225. The third kappa shape index (κ3) is 5.57. The molecule has 0 saturated carbocycles. The van der Waals surface area contributed by atoms with Crippen molar-refractivity contribution < 1.29 is 14.3 Å². The average Bonchev–Trinajstić information content (AvgIpc) is 3.17. The number of esters is 1. The number of ether oxygens (including phenoxy) is 2. The number of benzene rings is 2. The van der Waals surface area contributed by atoms with E-state index < -0.39 is 12.0 Å². The zero-order chi connectivity index (χ0) is 27.6. The molecule has 1 aliphatic rings. The minimum atomic E-state index is -0.656. The number of nitrogens with zero attached hydrogens (tertiary/aromatic N) is 3. The van der Waals surface area contributed by atoms with E-state index in [1.807, 2.05) is 61.5 Å². The third-order valence-corrected chi connectivity index (χ3v) is 8.07. The highest BCUT2D eigenvalue weighted by molar-refractivity contribution is 9.11. The summed E-state index contributed by atoms with van der Waals surface area (Å²) in [4.78, 5) is 34.1. The van der Waals surface area contributed by atoms with Crippen molar-refractivity contribution in [3.63, 3.8) is 0 Å². The summed E-state index contributed by atoms with van der Waals surface area (Å²) in [5, 5.41) is 0. The second kappa shape index (κ2) is 11.8. The maximum atomic E-state index is 13.8. The molecule has 7 nitrogen and oxygen atoms in total. The van der Waals surface area contributed by atoms with Crippen LogP contribution in [0.4, 0.5) is 5.69 Å². The SMILES string of the molecule is C=CCOc1c(Br)cc(/C=c2\sc3n(c2=O)[C@@H](c2ccc(N(C)C)cc2)C(C(=O)OCC)=C(C)N=3)cc1Br. The fourth-order valence-electron chi connectivity index (χ4n) is 4.16. The van der Waals surface area contributed by atoms with Gasteiger partial charge in [-0.15, -0.1) is 0 Å². The van der Waals surface area contributed by atoms with Gasteiger partial charge >= 0.3 is 5.97 Å². The topological polar surface area (TPSA) is 73.1 Å². The molecule has 0 amide bonds. The normalized spacial score (nSPS) is 15.1. The number of halogens is 2. The van der Waals surface area contributed by atoms with Gasteiger partial charge in [-0.2, -0.15) is 0 Å². The van der Waals surface area contributed by atoms with E-state index in [9.17, 15) is 9.59 Å². The average molecular weight is 661 g/mol. The zero-order valence-corrected chi connectivity index (χ0v) is 25.4. The smallest absolute Gasteiger partial charge is 0.338 e. The number of allylic oxidation sites excluding steroid dienone is 1. The molecule has 2 heterocycles. The van der Waals surface area contributed by atoms with Crippen LogP contribution in [0.15, 0.2) is 79.1 Å². The van der Waals surface area contributed by atoms with Crippen LogP contribution in [-0.2, 0) is 9.53 Å². The molecule has 0 radical (unpaired) electrons. The molecular formula is C28H27Br2N3O4S. The summed E-state index contributed by atoms with van der Waals surface area (Å²) in [6.45, 7) is 7.81. The fraction of sp³-hybridized carbons (Fsp3) is 0.250. The molecule has 0 bridgehead atoms. The Balaban J connectivity index is 1.88. The first-order valence-electron chi connectivity index (χ1n) is 11.9. The highest BCUT2D eigenvalue weighted by Gasteiger charge is 2.33. The molecular weight excluding hydrogens is 634 g/mol. The van der Waals surface area contributed by atoms with Gasteiger partial charge in [0.25, 0.3) is 5.56 Å². The second-order valence-electron chi connectivity index (χ2n) is 8.70. The first-order valence-corrected chi connectivity index (χ1v) is 14.3. The van der Waals surface area contributed by atoms with E-state index >= 15 is 0 Å². The molecule has 38 heavy (non-hydrogen) atoms. The highest BCUT2D eigenvalue weighted by Crippen LogP contribution is 2.35. The number of fused-ring (bicyclic) bond motifs is 1. The molecule has 0 fully saturated rings. The van der Waals surface area contributed by atoms with Crippen LogP contribution in [0.2, 0.25) is 0 Å². The summed E-state index contributed by atoms with van der Waals surface area (Å²) >= 11 is 8.38. The summed E-state index contributed by atoms with van der Waals surface area (Å²) < 4.78 is 14.7. The van der Waals surface area contributed by atoms with Crippen molar-refractivity contribution in [2.24, 2.45) is 4.99 Å². The van der Waals surface area contributed by atoms with E-state index in [1.165, 1.54) is 11.3 Å². The molecule has 0 N–H and O–H groups in total. The fourth-order valence-corrected chi connectivity index (χ4v) is 6.65. The predicted octanol–water partition coefficient (Wildman–Crippen LogP) is 4.95. The number of hydrogen-bond acceptors (Lipinski definition) is 7. The molecule has 0 aliphatic carbocycles. The minimum Gasteiger partial charge on any atom is -0.487 e. The van der Waals surface area contributed by atoms with Gasteiger partial charge in [0.2, 0.25) is 0 Å². The second-order valence-corrected chi connectivity index (χ2v) is 11.4. The molecule has 0 unspecified atom stereocenters. The maximum absolute atomic E-state index is 13.8. The van der Waals surface area contributed by atoms with Crippen LogP contribution in [0.3, 0.4) is 0 Å². The van der Waals surface area contributed by atoms with Gasteiger partial charge in [-0.1, -0.05) is 36.1 Å². The van der Waals surface area contributed by atoms with Crippen molar-refractivity contribution >= 4 is 60.9 Å². The number of thiazole rings is 1. The first-order chi connectivity index (χ1) is 18.2. The number of rotatable bonds is 8. The molecule has 1 aliphatic heterocycles. The molecule has 10 heteroatoms. The lowest BCUT2D eigenvalue weighted by Gasteiger charge is -2.25. The Morgan fingerprint density at radius 1 is 1.21 bits per heavy atom. The van der Waals surface area contributed by atoms with Gasteiger partial charge in [0.1, 0.15) is 12.4 Å². The Labute approximate surface area is 241 Å². The van der Waals surface area contributed by atoms with E-state index in [4.69, 9.17) is 9.47 Å². The summed E-state index contributed by atoms with van der Waals surface area (Å²) in [5.74, 6) is 0.173. The molecule has 2 aromatic carbocycles. The number of hydrogen-bond donors (Lipinski definition) is 0. The van der Waals surface area contributed by atoms with Gasteiger partial charge < -0.3 is 14.4 Å². The molecule has 198 valence electrons. The maximum Gasteiger partial charge on any atom is 0.338 e. The molecule has 4 rings (SSSR count). The number of aromatic nitrogens is 1. The van der Waals surface area contributed by atoms with Gasteiger partial charge in [-0.3, -0.25) is 9.36 Å². The lowest BCUT2D eigenvalue weighted by molar-refractivity contribution is -0.139.